The van der Waals surface area contributed by atoms with Crippen molar-refractivity contribution >= 4 is 10.1 Å². The lowest BCUT2D eigenvalue weighted by Gasteiger charge is -2.26. The maximum absolute atomic E-state index is 13.9. The molecule has 1 aliphatic carbocycles. The van der Waals surface area contributed by atoms with E-state index >= 15 is 0 Å². The van der Waals surface area contributed by atoms with Crippen LogP contribution in [0, 0.1) is 0 Å². The number of hydrogen-bond acceptors (Lipinski definition) is 3. The highest BCUT2D eigenvalue weighted by Gasteiger charge is 2.31. The number of halogens is 1. The van der Waals surface area contributed by atoms with E-state index in [1.54, 1.807) is 0 Å². The largest absolute Gasteiger partial charge is 0.285 e. The topological polar surface area (TPSA) is 66.4 Å². The molecule has 0 bridgehead atoms. The second-order valence-corrected chi connectivity index (χ2v) is 6.21. The summed E-state index contributed by atoms with van der Waals surface area (Å²) in [6, 6.07) is 0.0132. The van der Waals surface area contributed by atoms with Crippen molar-refractivity contribution < 1.29 is 17.4 Å². The number of alkyl halides is 1. The summed E-state index contributed by atoms with van der Waals surface area (Å²) in [5, 5.41) is 2.69. The number of hydrogen-bond donors (Lipinski definition) is 2. The monoisotopic (exact) mass is 253 g/mol. The van der Waals surface area contributed by atoms with Crippen molar-refractivity contribution in [1.29, 1.82) is 0 Å². The molecule has 0 aromatic heterocycles. The fraction of sp³-hybridized carbons (Fsp3) is 1.00. The van der Waals surface area contributed by atoms with Gasteiger partial charge in [-0.2, -0.15) is 8.42 Å². The molecule has 6 heteroatoms. The van der Waals surface area contributed by atoms with Gasteiger partial charge in [0, 0.05) is 6.04 Å². The highest BCUT2D eigenvalue weighted by atomic mass is 32.2. The molecule has 1 rings (SSSR count). The maximum Gasteiger partial charge on any atom is 0.269 e. The van der Waals surface area contributed by atoms with Gasteiger partial charge in [-0.3, -0.25) is 9.87 Å². The third kappa shape index (κ3) is 5.77. The molecule has 0 spiro atoms. The van der Waals surface area contributed by atoms with E-state index in [4.69, 9.17) is 4.55 Å². The summed E-state index contributed by atoms with van der Waals surface area (Å²) >= 11 is 0. The number of rotatable bonds is 4. The van der Waals surface area contributed by atoms with Gasteiger partial charge in [-0.25, -0.2) is 4.39 Å². The van der Waals surface area contributed by atoms with Gasteiger partial charge in [0.25, 0.3) is 10.1 Å². The maximum atomic E-state index is 13.9. The molecule has 0 heterocycles. The van der Waals surface area contributed by atoms with E-state index in [1.165, 1.54) is 0 Å². The fourth-order valence-electron chi connectivity index (χ4n) is 2.23. The molecule has 0 aliphatic heterocycles. The second kappa shape index (κ2) is 5.42. The van der Waals surface area contributed by atoms with Crippen molar-refractivity contribution in [2.45, 2.75) is 57.3 Å². The fourth-order valence-corrected chi connectivity index (χ4v) is 3.00. The highest BCUT2D eigenvalue weighted by Crippen LogP contribution is 2.20. The van der Waals surface area contributed by atoms with E-state index in [0.717, 1.165) is 45.4 Å². The molecule has 0 unspecified atom stereocenters. The van der Waals surface area contributed by atoms with Gasteiger partial charge >= 0.3 is 0 Å². The van der Waals surface area contributed by atoms with Crippen molar-refractivity contribution in [2.24, 2.45) is 0 Å². The van der Waals surface area contributed by atoms with Crippen LogP contribution in [0.3, 0.4) is 0 Å². The third-order valence-corrected chi connectivity index (χ3v) is 3.72. The van der Waals surface area contributed by atoms with Crippen molar-refractivity contribution in [3.63, 3.8) is 0 Å². The average Bonchev–Trinajstić information content (AvgIpc) is 2.26. The first kappa shape index (κ1) is 13.9. The van der Waals surface area contributed by atoms with E-state index in [9.17, 15) is 12.8 Å². The standard InChI is InChI=1S/C10H20FNO3S/c1-10(11,8-16(13,14)15)12-9-6-4-2-3-5-7-9/h9,12H,2-8H2,1H3,(H,13,14,15)/t10-/m0/s1. The van der Waals surface area contributed by atoms with E-state index in [-0.39, 0.29) is 6.04 Å². The van der Waals surface area contributed by atoms with Crippen molar-refractivity contribution in [3.05, 3.63) is 0 Å². The molecule has 0 aromatic carbocycles. The van der Waals surface area contributed by atoms with E-state index in [1.807, 2.05) is 0 Å². The lowest BCUT2D eigenvalue weighted by molar-refractivity contribution is 0.138. The molecule has 0 saturated heterocycles. The molecule has 1 atom stereocenters. The van der Waals surface area contributed by atoms with Crippen LogP contribution in [0.25, 0.3) is 0 Å². The third-order valence-electron chi connectivity index (χ3n) is 2.81. The molecule has 1 saturated carbocycles. The van der Waals surface area contributed by atoms with E-state index < -0.39 is 21.7 Å². The second-order valence-electron chi connectivity index (χ2n) is 4.76. The molecule has 4 nitrogen and oxygen atoms in total. The van der Waals surface area contributed by atoms with Crippen LogP contribution in [0.15, 0.2) is 0 Å². The smallest absolute Gasteiger partial charge is 0.269 e. The van der Waals surface area contributed by atoms with Crippen molar-refractivity contribution in [3.8, 4) is 0 Å². The SMILES string of the molecule is C[C@@](F)(CS(=O)(=O)O)NC1CCCCCC1. The summed E-state index contributed by atoms with van der Waals surface area (Å²) in [4.78, 5) is 0. The first-order chi connectivity index (χ1) is 7.29. The van der Waals surface area contributed by atoms with Crippen LogP contribution in [0.5, 0.6) is 0 Å². The molecule has 1 fully saturated rings. The van der Waals surface area contributed by atoms with Crippen molar-refractivity contribution in [1.82, 2.24) is 5.32 Å². The Balaban J connectivity index is 2.50. The van der Waals surface area contributed by atoms with Gasteiger partial charge in [0.2, 0.25) is 0 Å². The first-order valence-corrected chi connectivity index (χ1v) is 7.31. The number of nitrogens with one attached hydrogen (secondary N) is 1. The molecule has 16 heavy (non-hydrogen) atoms. The summed E-state index contributed by atoms with van der Waals surface area (Å²) in [6.45, 7) is 1.16. The molecule has 1 aliphatic rings. The Bertz CT molecular complexity index is 308. The molecular weight excluding hydrogens is 233 g/mol. The summed E-state index contributed by atoms with van der Waals surface area (Å²) in [6.07, 6.45) is 6.12. The summed E-state index contributed by atoms with van der Waals surface area (Å²) in [5.41, 5.74) is 0. The van der Waals surface area contributed by atoms with Gasteiger partial charge in [0.05, 0.1) is 0 Å². The lowest BCUT2D eigenvalue weighted by Crippen LogP contribution is -2.49. The zero-order chi connectivity index (χ0) is 12.2. The van der Waals surface area contributed by atoms with Crippen LogP contribution in [-0.4, -0.2) is 30.6 Å². The normalized spacial score (nSPS) is 23.7. The molecule has 0 radical (unpaired) electrons. The Morgan fingerprint density at radius 3 is 2.25 bits per heavy atom. The van der Waals surface area contributed by atoms with Gasteiger partial charge in [-0.15, -0.1) is 0 Å². The minimum atomic E-state index is -4.28. The predicted octanol–water partition coefficient (Wildman–Crippen LogP) is 1.87. The van der Waals surface area contributed by atoms with Gasteiger partial charge < -0.3 is 0 Å². The molecular formula is C10H20FNO3S. The van der Waals surface area contributed by atoms with E-state index in [2.05, 4.69) is 5.32 Å². The van der Waals surface area contributed by atoms with Crippen LogP contribution in [-0.2, 0) is 10.1 Å². The summed E-state index contributed by atoms with van der Waals surface area (Å²) in [7, 11) is -4.28. The molecule has 0 amide bonds. The van der Waals surface area contributed by atoms with Crippen LogP contribution >= 0.6 is 0 Å². The van der Waals surface area contributed by atoms with Gasteiger partial charge in [0.15, 0.2) is 5.79 Å². The predicted molar refractivity (Wildman–Crippen MR) is 60.6 cm³/mol. The Kier molecular flexibility index (Phi) is 4.70. The zero-order valence-electron chi connectivity index (χ0n) is 9.58. The summed E-state index contributed by atoms with van der Waals surface area (Å²) in [5.74, 6) is -2.95. The van der Waals surface area contributed by atoms with Crippen molar-refractivity contribution in [2.75, 3.05) is 5.75 Å². The zero-order valence-corrected chi connectivity index (χ0v) is 10.4. The van der Waals surface area contributed by atoms with Gasteiger partial charge in [-0.05, 0) is 19.8 Å². The highest BCUT2D eigenvalue weighted by molar-refractivity contribution is 7.85. The Labute approximate surface area is 96.4 Å². The average molecular weight is 253 g/mol. The Morgan fingerprint density at radius 1 is 1.31 bits per heavy atom. The van der Waals surface area contributed by atoms with Crippen LogP contribution in [0.1, 0.15) is 45.4 Å². The Morgan fingerprint density at radius 2 is 1.81 bits per heavy atom. The summed E-state index contributed by atoms with van der Waals surface area (Å²) < 4.78 is 43.7. The van der Waals surface area contributed by atoms with E-state index in [0.29, 0.717) is 0 Å². The van der Waals surface area contributed by atoms with Crippen LogP contribution < -0.4 is 5.32 Å². The lowest BCUT2D eigenvalue weighted by atomic mass is 10.1. The quantitative estimate of drug-likeness (QED) is 0.456. The van der Waals surface area contributed by atoms with Crippen LogP contribution in [0.2, 0.25) is 0 Å². The minimum absolute atomic E-state index is 0.0132. The molecule has 0 aromatic rings. The minimum Gasteiger partial charge on any atom is -0.285 e. The Hall–Kier alpha value is -0.200. The molecule has 2 N–H and O–H groups in total. The van der Waals surface area contributed by atoms with Gasteiger partial charge in [0.1, 0.15) is 5.75 Å². The van der Waals surface area contributed by atoms with Gasteiger partial charge in [-0.1, -0.05) is 25.7 Å². The molecule has 96 valence electrons. The first-order valence-electron chi connectivity index (χ1n) is 5.70. The van der Waals surface area contributed by atoms with Crippen LogP contribution in [0.4, 0.5) is 4.39 Å².